The number of benzene rings is 1. The van der Waals surface area contributed by atoms with Gasteiger partial charge in [-0.1, -0.05) is 44.2 Å². The SMILES string of the molecule is CSCCC(NC(=O)[C@@H](S)C(C)C)C(=O)NC(Cc1ccccc1)C(=O)O. The Kier molecular flexibility index (Phi) is 10.3. The Morgan fingerprint density at radius 3 is 2.19 bits per heavy atom. The predicted octanol–water partition coefficient (Wildman–Crippen LogP) is 1.99. The fourth-order valence-electron chi connectivity index (χ4n) is 2.39. The van der Waals surface area contributed by atoms with E-state index in [2.05, 4.69) is 23.3 Å². The van der Waals surface area contributed by atoms with Crippen LogP contribution >= 0.6 is 24.4 Å². The summed E-state index contributed by atoms with van der Waals surface area (Å²) in [5, 5.41) is 14.2. The molecular formula is C19H28N2O4S2. The summed E-state index contributed by atoms with van der Waals surface area (Å²) in [5.41, 5.74) is 0.810. The van der Waals surface area contributed by atoms with Gasteiger partial charge in [0.05, 0.1) is 5.25 Å². The zero-order valence-corrected chi connectivity index (χ0v) is 17.6. The molecule has 1 aromatic carbocycles. The Labute approximate surface area is 170 Å². The first-order valence-corrected chi connectivity index (χ1v) is 10.7. The molecule has 27 heavy (non-hydrogen) atoms. The van der Waals surface area contributed by atoms with E-state index >= 15 is 0 Å². The highest BCUT2D eigenvalue weighted by molar-refractivity contribution is 7.98. The smallest absolute Gasteiger partial charge is 0.326 e. The summed E-state index contributed by atoms with van der Waals surface area (Å²) in [6.45, 7) is 3.74. The molecule has 0 aliphatic heterocycles. The summed E-state index contributed by atoms with van der Waals surface area (Å²) in [6, 6.07) is 7.23. The van der Waals surface area contributed by atoms with Crippen LogP contribution in [0.3, 0.4) is 0 Å². The van der Waals surface area contributed by atoms with Crippen molar-refractivity contribution in [3.8, 4) is 0 Å². The van der Waals surface area contributed by atoms with Crippen LogP contribution in [-0.2, 0) is 20.8 Å². The topological polar surface area (TPSA) is 95.5 Å². The summed E-state index contributed by atoms with van der Waals surface area (Å²) in [7, 11) is 0. The van der Waals surface area contributed by atoms with E-state index < -0.39 is 29.2 Å². The highest BCUT2D eigenvalue weighted by Gasteiger charge is 2.28. The van der Waals surface area contributed by atoms with Gasteiger partial charge < -0.3 is 15.7 Å². The summed E-state index contributed by atoms with van der Waals surface area (Å²) < 4.78 is 0. The molecular weight excluding hydrogens is 384 g/mol. The maximum atomic E-state index is 12.7. The average molecular weight is 413 g/mol. The number of nitrogens with one attached hydrogen (secondary N) is 2. The number of carboxylic acids is 1. The fraction of sp³-hybridized carbons (Fsp3) is 0.526. The van der Waals surface area contributed by atoms with Crippen LogP contribution in [0.4, 0.5) is 0 Å². The van der Waals surface area contributed by atoms with E-state index in [1.165, 1.54) is 0 Å². The number of aliphatic carboxylic acids is 1. The van der Waals surface area contributed by atoms with Crippen LogP contribution < -0.4 is 10.6 Å². The maximum absolute atomic E-state index is 12.7. The molecule has 1 rings (SSSR count). The normalized spacial score (nSPS) is 14.3. The molecule has 0 saturated heterocycles. The molecule has 0 aliphatic rings. The highest BCUT2D eigenvalue weighted by Crippen LogP contribution is 2.11. The van der Waals surface area contributed by atoms with E-state index in [4.69, 9.17) is 0 Å². The first-order valence-electron chi connectivity index (χ1n) is 8.80. The lowest BCUT2D eigenvalue weighted by molar-refractivity contribution is -0.142. The zero-order valence-electron chi connectivity index (χ0n) is 15.8. The lowest BCUT2D eigenvalue weighted by Gasteiger charge is -2.23. The molecule has 0 bridgehead atoms. The number of thiol groups is 1. The highest BCUT2D eigenvalue weighted by atomic mass is 32.2. The van der Waals surface area contributed by atoms with Crippen molar-refractivity contribution in [3.05, 3.63) is 35.9 Å². The minimum atomic E-state index is -1.11. The van der Waals surface area contributed by atoms with Crippen LogP contribution in [0.2, 0.25) is 0 Å². The summed E-state index contributed by atoms with van der Waals surface area (Å²) in [5.74, 6) is -1.26. The van der Waals surface area contributed by atoms with Gasteiger partial charge in [0.1, 0.15) is 12.1 Å². The van der Waals surface area contributed by atoms with Crippen LogP contribution in [-0.4, -0.2) is 52.2 Å². The lowest BCUT2D eigenvalue weighted by Crippen LogP contribution is -2.53. The van der Waals surface area contributed by atoms with Crippen molar-refractivity contribution in [2.45, 2.75) is 44.0 Å². The molecule has 0 fully saturated rings. The van der Waals surface area contributed by atoms with Crippen molar-refractivity contribution in [2.24, 2.45) is 5.92 Å². The second kappa shape index (κ2) is 11.9. The van der Waals surface area contributed by atoms with Gasteiger partial charge >= 0.3 is 5.97 Å². The summed E-state index contributed by atoms with van der Waals surface area (Å²) in [6.07, 6.45) is 2.49. The Hall–Kier alpha value is -1.67. The van der Waals surface area contributed by atoms with Crippen molar-refractivity contribution in [2.75, 3.05) is 12.0 Å². The van der Waals surface area contributed by atoms with Gasteiger partial charge in [0.25, 0.3) is 0 Å². The quantitative estimate of drug-likeness (QED) is 0.417. The molecule has 0 aliphatic carbocycles. The van der Waals surface area contributed by atoms with Gasteiger partial charge in [-0.25, -0.2) is 4.79 Å². The molecule has 8 heteroatoms. The van der Waals surface area contributed by atoms with E-state index in [-0.39, 0.29) is 18.2 Å². The van der Waals surface area contributed by atoms with Gasteiger partial charge in [-0.15, -0.1) is 0 Å². The molecule has 3 atom stereocenters. The summed E-state index contributed by atoms with van der Waals surface area (Å²) in [4.78, 5) is 36.5. The number of hydrogen-bond donors (Lipinski definition) is 4. The first-order chi connectivity index (χ1) is 12.8. The Bertz CT molecular complexity index is 625. The number of amides is 2. The van der Waals surface area contributed by atoms with Gasteiger partial charge in [0.15, 0.2) is 0 Å². The van der Waals surface area contributed by atoms with E-state index in [1.54, 1.807) is 11.8 Å². The van der Waals surface area contributed by atoms with E-state index in [0.29, 0.717) is 12.2 Å². The number of thioether (sulfide) groups is 1. The van der Waals surface area contributed by atoms with Crippen LogP contribution in [0.15, 0.2) is 30.3 Å². The molecule has 150 valence electrons. The maximum Gasteiger partial charge on any atom is 0.326 e. The van der Waals surface area contributed by atoms with Gasteiger partial charge in [-0.3, -0.25) is 9.59 Å². The number of hydrogen-bond acceptors (Lipinski definition) is 5. The molecule has 3 N–H and O–H groups in total. The Balaban J connectivity index is 2.82. The summed E-state index contributed by atoms with van der Waals surface area (Å²) >= 11 is 5.83. The lowest BCUT2D eigenvalue weighted by atomic mass is 10.0. The van der Waals surface area contributed by atoms with Crippen LogP contribution in [0.1, 0.15) is 25.8 Å². The second-order valence-electron chi connectivity index (χ2n) is 6.62. The monoisotopic (exact) mass is 412 g/mol. The third-order valence-electron chi connectivity index (χ3n) is 4.04. The van der Waals surface area contributed by atoms with Gasteiger partial charge in [-0.05, 0) is 29.9 Å². The molecule has 2 amide bonds. The van der Waals surface area contributed by atoms with E-state index in [9.17, 15) is 19.5 Å². The molecule has 6 nitrogen and oxygen atoms in total. The van der Waals surface area contributed by atoms with Crippen molar-refractivity contribution >= 4 is 42.2 Å². The van der Waals surface area contributed by atoms with E-state index in [0.717, 1.165) is 5.56 Å². The molecule has 2 unspecified atom stereocenters. The zero-order chi connectivity index (χ0) is 20.4. The molecule has 0 saturated carbocycles. The number of rotatable bonds is 11. The van der Waals surface area contributed by atoms with Crippen LogP contribution in [0, 0.1) is 5.92 Å². The minimum Gasteiger partial charge on any atom is -0.480 e. The average Bonchev–Trinajstić information content (AvgIpc) is 2.64. The van der Waals surface area contributed by atoms with Gasteiger partial charge in [0, 0.05) is 6.42 Å². The fourth-order valence-corrected chi connectivity index (χ4v) is 2.93. The van der Waals surface area contributed by atoms with E-state index in [1.807, 2.05) is 50.4 Å². The van der Waals surface area contributed by atoms with Gasteiger partial charge in [0.2, 0.25) is 11.8 Å². The number of carbonyl (C=O) groups is 3. The molecule has 1 aromatic rings. The number of carboxylic acid groups (broad SMARTS) is 1. The molecule has 0 radical (unpaired) electrons. The molecule has 0 heterocycles. The Morgan fingerprint density at radius 2 is 1.67 bits per heavy atom. The van der Waals surface area contributed by atoms with Crippen molar-refractivity contribution in [3.63, 3.8) is 0 Å². The standard InChI is InChI=1S/C19H28N2O4S2/c1-12(2)16(26)18(23)20-14(9-10-27-3)17(22)21-15(19(24)25)11-13-7-5-4-6-8-13/h4-8,12,14-16,26H,9-11H2,1-3H3,(H,20,23)(H,21,22)(H,24,25)/t14?,15?,16-/m0/s1. The third-order valence-corrected chi connectivity index (χ3v) is 5.52. The molecule has 0 spiro atoms. The number of carbonyl (C=O) groups excluding carboxylic acids is 2. The molecule has 0 aromatic heterocycles. The minimum absolute atomic E-state index is 0.0162. The largest absolute Gasteiger partial charge is 0.480 e. The van der Waals surface area contributed by atoms with Crippen molar-refractivity contribution in [1.29, 1.82) is 0 Å². The van der Waals surface area contributed by atoms with Crippen molar-refractivity contribution < 1.29 is 19.5 Å². The van der Waals surface area contributed by atoms with Crippen LogP contribution in [0.25, 0.3) is 0 Å². The Morgan fingerprint density at radius 1 is 1.07 bits per heavy atom. The first kappa shape index (κ1) is 23.4. The second-order valence-corrected chi connectivity index (χ2v) is 8.16. The van der Waals surface area contributed by atoms with Crippen molar-refractivity contribution in [1.82, 2.24) is 10.6 Å². The third kappa shape index (κ3) is 8.26. The van der Waals surface area contributed by atoms with Crippen LogP contribution in [0.5, 0.6) is 0 Å². The van der Waals surface area contributed by atoms with Gasteiger partial charge in [-0.2, -0.15) is 24.4 Å². The predicted molar refractivity (Wildman–Crippen MR) is 112 cm³/mol.